The normalized spacial score (nSPS) is 21.0. The summed E-state index contributed by atoms with van der Waals surface area (Å²) in [5, 5.41) is 3.49. The van der Waals surface area contributed by atoms with E-state index in [1.54, 1.807) is 6.20 Å². The number of hydrogen-bond acceptors (Lipinski definition) is 5. The monoisotopic (exact) mass is 395 g/mol. The molecule has 4 heterocycles. The Balaban J connectivity index is 1.23. The molecule has 3 aromatic rings. The molecule has 28 heavy (non-hydrogen) atoms. The van der Waals surface area contributed by atoms with Crippen molar-refractivity contribution in [3.63, 3.8) is 0 Å². The lowest BCUT2D eigenvalue weighted by Crippen LogP contribution is -2.52. The number of aromatic amines is 1. The summed E-state index contributed by atoms with van der Waals surface area (Å²) in [5.74, 6) is 0.180. The second kappa shape index (κ2) is 7.03. The molecule has 2 aromatic heterocycles. The molecule has 8 heteroatoms. The van der Waals surface area contributed by atoms with Crippen LogP contribution >= 0.6 is 11.3 Å². The number of carbonyl (C=O) groups excluding carboxylic acids is 2. The van der Waals surface area contributed by atoms with Gasteiger partial charge in [0.25, 0.3) is 5.91 Å². The van der Waals surface area contributed by atoms with E-state index >= 15 is 0 Å². The zero-order valence-corrected chi connectivity index (χ0v) is 16.2. The quantitative estimate of drug-likeness (QED) is 0.738. The van der Waals surface area contributed by atoms with Crippen molar-refractivity contribution in [3.05, 3.63) is 47.0 Å². The van der Waals surface area contributed by atoms with Gasteiger partial charge in [-0.15, -0.1) is 11.3 Å². The highest BCUT2D eigenvalue weighted by Crippen LogP contribution is 2.28. The van der Waals surface area contributed by atoms with Gasteiger partial charge in [0.1, 0.15) is 0 Å². The molecule has 0 bridgehead atoms. The third kappa shape index (κ3) is 3.08. The van der Waals surface area contributed by atoms with Crippen LogP contribution in [-0.4, -0.2) is 70.3 Å². The summed E-state index contributed by atoms with van der Waals surface area (Å²) in [6.07, 6.45) is 4.11. The van der Waals surface area contributed by atoms with E-state index in [4.69, 9.17) is 0 Å². The van der Waals surface area contributed by atoms with Crippen molar-refractivity contribution in [1.82, 2.24) is 19.8 Å². The zero-order valence-electron chi connectivity index (χ0n) is 15.4. The first-order valence-electron chi connectivity index (χ1n) is 9.49. The summed E-state index contributed by atoms with van der Waals surface area (Å²) < 4.78 is 0. The Kier molecular flexibility index (Phi) is 4.37. The third-order valence-electron chi connectivity index (χ3n) is 5.69. The second-order valence-corrected chi connectivity index (χ2v) is 8.17. The average molecular weight is 395 g/mol. The number of anilines is 1. The van der Waals surface area contributed by atoms with E-state index < -0.39 is 0 Å². The van der Waals surface area contributed by atoms with E-state index in [0.29, 0.717) is 31.1 Å². The van der Waals surface area contributed by atoms with Gasteiger partial charge < -0.3 is 14.8 Å². The Bertz CT molecular complexity index is 1010. The van der Waals surface area contributed by atoms with E-state index in [0.717, 1.165) is 29.7 Å². The lowest BCUT2D eigenvalue weighted by molar-refractivity contribution is -0.117. The van der Waals surface area contributed by atoms with Gasteiger partial charge in [0.05, 0.1) is 0 Å². The van der Waals surface area contributed by atoms with Crippen molar-refractivity contribution in [1.29, 1.82) is 0 Å². The first kappa shape index (κ1) is 17.4. The summed E-state index contributed by atoms with van der Waals surface area (Å²) >= 11 is 1.38. The molecule has 7 nitrogen and oxygen atoms in total. The number of thiazole rings is 1. The highest BCUT2D eigenvalue weighted by Gasteiger charge is 2.36. The van der Waals surface area contributed by atoms with Crippen LogP contribution in [0.1, 0.15) is 16.2 Å². The maximum Gasteiger partial charge on any atom is 0.282 e. The van der Waals surface area contributed by atoms with E-state index in [2.05, 4.69) is 20.9 Å². The first-order chi connectivity index (χ1) is 13.7. The van der Waals surface area contributed by atoms with Gasteiger partial charge in [0, 0.05) is 79.6 Å². The Labute approximate surface area is 166 Å². The Morgan fingerprint density at radius 1 is 1.18 bits per heavy atom. The maximum absolute atomic E-state index is 12.7. The maximum atomic E-state index is 12.7. The first-order valence-corrected chi connectivity index (χ1v) is 10.4. The van der Waals surface area contributed by atoms with Crippen LogP contribution in [0.2, 0.25) is 0 Å². The minimum atomic E-state index is 0.0126. The molecule has 2 aliphatic rings. The molecule has 2 saturated heterocycles. The Hall–Kier alpha value is -2.71. The van der Waals surface area contributed by atoms with Crippen LogP contribution in [0.5, 0.6) is 0 Å². The standard InChI is InChI=1S/C20H21N5O2S/c26-18-12-16(13-25(18)15-1-2-17-14(11-15)3-4-21-17)23-6-8-24(9-7-23)20(27)19-22-5-10-28-19/h1-5,10-11,16,21H,6-9,12-13H2. The number of fused-ring (bicyclic) bond motifs is 1. The number of rotatable bonds is 3. The highest BCUT2D eigenvalue weighted by atomic mass is 32.1. The van der Waals surface area contributed by atoms with Gasteiger partial charge >= 0.3 is 0 Å². The Morgan fingerprint density at radius 3 is 2.82 bits per heavy atom. The molecule has 2 amide bonds. The number of H-pyrrole nitrogens is 1. The van der Waals surface area contributed by atoms with Crippen molar-refractivity contribution in [2.24, 2.45) is 0 Å². The lowest BCUT2D eigenvalue weighted by Gasteiger charge is -2.37. The molecule has 0 saturated carbocycles. The van der Waals surface area contributed by atoms with E-state index in [-0.39, 0.29) is 17.9 Å². The van der Waals surface area contributed by atoms with Crippen LogP contribution in [0.4, 0.5) is 5.69 Å². The molecule has 0 aliphatic carbocycles. The molecular weight excluding hydrogens is 374 g/mol. The van der Waals surface area contributed by atoms with Gasteiger partial charge in [-0.1, -0.05) is 0 Å². The summed E-state index contributed by atoms with van der Waals surface area (Å²) in [7, 11) is 0. The minimum Gasteiger partial charge on any atom is -0.361 e. The lowest BCUT2D eigenvalue weighted by atomic mass is 10.2. The van der Waals surface area contributed by atoms with Crippen LogP contribution in [-0.2, 0) is 4.79 Å². The SMILES string of the molecule is O=C(c1nccs1)N1CCN(C2CC(=O)N(c3ccc4[nH]ccc4c3)C2)CC1. The molecule has 1 N–H and O–H groups in total. The molecule has 0 spiro atoms. The van der Waals surface area contributed by atoms with Crippen molar-refractivity contribution < 1.29 is 9.59 Å². The summed E-state index contributed by atoms with van der Waals surface area (Å²) in [6.45, 7) is 3.64. The number of piperazine rings is 1. The zero-order chi connectivity index (χ0) is 19.1. The summed E-state index contributed by atoms with van der Waals surface area (Å²) in [6, 6.07) is 8.32. The van der Waals surface area contributed by atoms with Crippen molar-refractivity contribution in [3.8, 4) is 0 Å². The number of nitrogens with zero attached hydrogens (tertiary/aromatic N) is 4. The number of nitrogens with one attached hydrogen (secondary N) is 1. The van der Waals surface area contributed by atoms with Gasteiger partial charge in [0.15, 0.2) is 5.01 Å². The van der Waals surface area contributed by atoms with Gasteiger partial charge in [0.2, 0.25) is 5.91 Å². The topological polar surface area (TPSA) is 72.5 Å². The number of hydrogen-bond donors (Lipinski definition) is 1. The van der Waals surface area contributed by atoms with Crippen molar-refractivity contribution >= 4 is 39.7 Å². The summed E-state index contributed by atoms with van der Waals surface area (Å²) in [5.41, 5.74) is 2.03. The minimum absolute atomic E-state index is 0.0126. The fraction of sp³-hybridized carbons (Fsp3) is 0.350. The average Bonchev–Trinajstić information content (AvgIpc) is 3.47. The molecule has 2 fully saturated rings. The van der Waals surface area contributed by atoms with E-state index in [1.807, 2.05) is 39.6 Å². The van der Waals surface area contributed by atoms with Crippen LogP contribution in [0.25, 0.3) is 10.9 Å². The van der Waals surface area contributed by atoms with Gasteiger partial charge in [-0.05, 0) is 24.3 Å². The number of aromatic nitrogens is 2. The fourth-order valence-electron chi connectivity index (χ4n) is 4.15. The molecule has 2 aliphatic heterocycles. The van der Waals surface area contributed by atoms with Gasteiger partial charge in [-0.25, -0.2) is 4.98 Å². The van der Waals surface area contributed by atoms with Crippen LogP contribution < -0.4 is 4.90 Å². The summed E-state index contributed by atoms with van der Waals surface area (Å²) in [4.78, 5) is 38.5. The van der Waals surface area contributed by atoms with Gasteiger partial charge in [-0.3, -0.25) is 14.5 Å². The molecular formula is C20H21N5O2S. The molecule has 1 unspecified atom stereocenters. The molecule has 144 valence electrons. The smallest absolute Gasteiger partial charge is 0.282 e. The number of benzene rings is 1. The van der Waals surface area contributed by atoms with Gasteiger partial charge in [-0.2, -0.15) is 0 Å². The predicted molar refractivity (Wildman–Crippen MR) is 109 cm³/mol. The van der Waals surface area contributed by atoms with Crippen LogP contribution in [0, 0.1) is 0 Å². The van der Waals surface area contributed by atoms with Crippen molar-refractivity contribution in [2.45, 2.75) is 12.5 Å². The second-order valence-electron chi connectivity index (χ2n) is 7.28. The highest BCUT2D eigenvalue weighted by molar-refractivity contribution is 7.11. The van der Waals surface area contributed by atoms with E-state index in [1.165, 1.54) is 11.3 Å². The number of amides is 2. The fourth-order valence-corrected chi connectivity index (χ4v) is 4.75. The third-order valence-corrected chi connectivity index (χ3v) is 6.45. The van der Waals surface area contributed by atoms with Crippen LogP contribution in [0.15, 0.2) is 42.0 Å². The largest absolute Gasteiger partial charge is 0.361 e. The van der Waals surface area contributed by atoms with Crippen molar-refractivity contribution in [2.75, 3.05) is 37.6 Å². The molecule has 1 aromatic carbocycles. The predicted octanol–water partition coefficient (Wildman–Crippen LogP) is 2.19. The molecule has 5 rings (SSSR count). The molecule has 0 radical (unpaired) electrons. The molecule has 1 atom stereocenters. The Morgan fingerprint density at radius 2 is 2.04 bits per heavy atom. The van der Waals surface area contributed by atoms with E-state index in [9.17, 15) is 9.59 Å². The van der Waals surface area contributed by atoms with Crippen LogP contribution in [0.3, 0.4) is 0 Å². The number of carbonyl (C=O) groups is 2.